The highest BCUT2D eigenvalue weighted by Gasteiger charge is 2.17. The van der Waals surface area contributed by atoms with Crippen molar-refractivity contribution in [1.29, 1.82) is 0 Å². The van der Waals surface area contributed by atoms with Gasteiger partial charge in [0.1, 0.15) is 5.82 Å². The van der Waals surface area contributed by atoms with Crippen LogP contribution in [0.25, 0.3) is 16.6 Å². The lowest BCUT2D eigenvalue weighted by atomic mass is 10.2. The van der Waals surface area contributed by atoms with Gasteiger partial charge >= 0.3 is 0 Å². The molecule has 1 heterocycles. The molecule has 0 aliphatic heterocycles. The molecule has 0 saturated heterocycles. The van der Waals surface area contributed by atoms with Crippen molar-refractivity contribution in [2.45, 2.75) is 12.1 Å². The topological polar surface area (TPSA) is 64.0 Å². The Morgan fingerprint density at radius 3 is 2.65 bits per heavy atom. The second-order valence-corrected chi connectivity index (χ2v) is 8.62. The first-order valence-corrected chi connectivity index (χ1v) is 11.2. The quantitative estimate of drug-likeness (QED) is 0.299. The van der Waals surface area contributed by atoms with E-state index in [1.165, 1.54) is 16.7 Å². The molecule has 1 amide bonds. The van der Waals surface area contributed by atoms with Crippen LogP contribution < -0.4 is 10.9 Å². The third-order valence-electron chi connectivity index (χ3n) is 4.57. The van der Waals surface area contributed by atoms with Crippen molar-refractivity contribution in [3.63, 3.8) is 0 Å². The van der Waals surface area contributed by atoms with E-state index in [0.29, 0.717) is 16.6 Å². The molecule has 1 aromatic heterocycles. The number of aromatic nitrogens is 2. The fourth-order valence-electron chi connectivity index (χ4n) is 3.09. The van der Waals surface area contributed by atoms with Gasteiger partial charge in [-0.05, 0) is 64.8 Å². The van der Waals surface area contributed by atoms with E-state index in [1.54, 1.807) is 36.4 Å². The molecule has 0 radical (unpaired) electrons. The number of carbonyl (C=O) groups is 1. The fraction of sp³-hybridized carbons (Fsp3) is 0.0870. The van der Waals surface area contributed by atoms with Crippen LogP contribution in [-0.2, 0) is 4.79 Å². The summed E-state index contributed by atoms with van der Waals surface area (Å²) < 4.78 is 16.5. The van der Waals surface area contributed by atoms with Crippen LogP contribution in [0.1, 0.15) is 5.56 Å². The van der Waals surface area contributed by atoms with Crippen molar-refractivity contribution in [1.82, 2.24) is 9.55 Å². The Morgan fingerprint density at radius 2 is 1.87 bits per heavy atom. The Balaban J connectivity index is 1.68. The van der Waals surface area contributed by atoms with Crippen LogP contribution in [0.2, 0.25) is 0 Å². The van der Waals surface area contributed by atoms with Gasteiger partial charge < -0.3 is 5.32 Å². The van der Waals surface area contributed by atoms with Gasteiger partial charge in [-0.2, -0.15) is 0 Å². The summed E-state index contributed by atoms with van der Waals surface area (Å²) in [5.41, 5.74) is 1.90. The van der Waals surface area contributed by atoms with Gasteiger partial charge in [-0.3, -0.25) is 14.2 Å². The molecule has 31 heavy (non-hydrogen) atoms. The minimum absolute atomic E-state index is 0.000447. The number of thioether (sulfide) groups is 1. The van der Waals surface area contributed by atoms with E-state index in [0.717, 1.165) is 21.8 Å². The number of nitrogens with one attached hydrogen (secondary N) is 1. The third kappa shape index (κ3) is 4.55. The number of rotatable bonds is 5. The summed E-state index contributed by atoms with van der Waals surface area (Å²) in [6.07, 6.45) is 0. The molecule has 0 atom stereocenters. The molecule has 3 aromatic carbocycles. The fourth-order valence-corrected chi connectivity index (χ4v) is 4.49. The second kappa shape index (κ2) is 9.03. The van der Waals surface area contributed by atoms with Gasteiger partial charge in [-0.15, -0.1) is 0 Å². The molecule has 156 valence electrons. The van der Waals surface area contributed by atoms with Gasteiger partial charge in [0, 0.05) is 4.47 Å². The normalized spacial score (nSPS) is 10.9. The summed E-state index contributed by atoms with van der Waals surface area (Å²) in [6, 6.07) is 18.5. The number of para-hydroxylation sites is 2. The number of carbonyl (C=O) groups excluding carboxylic acids is 1. The molecule has 0 fully saturated rings. The monoisotopic (exact) mass is 497 g/mol. The number of nitrogens with zero attached hydrogens (tertiary/aromatic N) is 2. The molecule has 4 aromatic rings. The largest absolute Gasteiger partial charge is 0.324 e. The van der Waals surface area contributed by atoms with Crippen molar-refractivity contribution in [2.24, 2.45) is 0 Å². The molecule has 0 unspecified atom stereocenters. The van der Waals surface area contributed by atoms with Gasteiger partial charge in [0.25, 0.3) is 5.56 Å². The molecular weight excluding hydrogens is 481 g/mol. The van der Waals surface area contributed by atoms with E-state index in [1.807, 2.05) is 25.1 Å². The molecule has 0 bridgehead atoms. The Hall–Kier alpha value is -2.97. The first kappa shape index (κ1) is 21.3. The number of amides is 1. The maximum absolute atomic E-state index is 14.5. The molecule has 1 N–H and O–H groups in total. The van der Waals surface area contributed by atoms with Crippen LogP contribution in [0.5, 0.6) is 0 Å². The first-order chi connectivity index (χ1) is 14.9. The van der Waals surface area contributed by atoms with E-state index in [4.69, 9.17) is 0 Å². The van der Waals surface area contributed by atoms with Crippen molar-refractivity contribution in [3.8, 4) is 5.69 Å². The minimum Gasteiger partial charge on any atom is -0.324 e. The van der Waals surface area contributed by atoms with Crippen LogP contribution in [-0.4, -0.2) is 21.2 Å². The van der Waals surface area contributed by atoms with Crippen LogP contribution >= 0.6 is 27.7 Å². The number of halogens is 2. The van der Waals surface area contributed by atoms with Gasteiger partial charge in [0.15, 0.2) is 5.16 Å². The van der Waals surface area contributed by atoms with Crippen LogP contribution in [0.3, 0.4) is 0 Å². The highest BCUT2D eigenvalue weighted by atomic mass is 79.9. The Morgan fingerprint density at radius 1 is 1.13 bits per heavy atom. The maximum Gasteiger partial charge on any atom is 0.266 e. The first-order valence-electron chi connectivity index (χ1n) is 9.39. The highest BCUT2D eigenvalue weighted by Crippen LogP contribution is 2.25. The third-order valence-corrected chi connectivity index (χ3v) is 6.16. The lowest BCUT2D eigenvalue weighted by Gasteiger charge is -2.14. The lowest BCUT2D eigenvalue weighted by molar-refractivity contribution is -0.113. The summed E-state index contributed by atoms with van der Waals surface area (Å²) in [5.74, 6) is -0.812. The smallest absolute Gasteiger partial charge is 0.266 e. The van der Waals surface area contributed by atoms with Crippen molar-refractivity contribution in [2.75, 3.05) is 11.1 Å². The Labute approximate surface area is 190 Å². The molecule has 0 spiro atoms. The number of benzene rings is 3. The van der Waals surface area contributed by atoms with E-state index >= 15 is 0 Å². The number of anilines is 1. The summed E-state index contributed by atoms with van der Waals surface area (Å²) in [6.45, 7) is 1.96. The average molecular weight is 498 g/mol. The van der Waals surface area contributed by atoms with E-state index in [2.05, 4.69) is 26.2 Å². The minimum atomic E-state index is -0.545. The van der Waals surface area contributed by atoms with Gasteiger partial charge in [0.05, 0.1) is 28.0 Å². The van der Waals surface area contributed by atoms with E-state index in [9.17, 15) is 14.0 Å². The van der Waals surface area contributed by atoms with Gasteiger partial charge in [0.2, 0.25) is 5.91 Å². The molecule has 0 saturated carbocycles. The predicted octanol–water partition coefficient (Wildman–Crippen LogP) is 5.33. The maximum atomic E-state index is 14.5. The second-order valence-electron chi connectivity index (χ2n) is 6.82. The summed E-state index contributed by atoms with van der Waals surface area (Å²) >= 11 is 4.51. The zero-order valence-electron chi connectivity index (χ0n) is 16.4. The SMILES string of the molecule is Cc1ccc(NC(=O)CSc2nc3ccccc3c(=O)n2-c2ccccc2F)c(Br)c1. The molecule has 0 aliphatic rings. The zero-order chi connectivity index (χ0) is 22.0. The zero-order valence-corrected chi connectivity index (χ0v) is 18.8. The van der Waals surface area contributed by atoms with E-state index in [-0.39, 0.29) is 28.1 Å². The van der Waals surface area contributed by atoms with Crippen molar-refractivity contribution in [3.05, 3.63) is 92.9 Å². The standard InChI is InChI=1S/C23H17BrFN3O2S/c1-14-10-11-19(16(24)12-14)26-21(29)13-31-23-27-18-8-4-2-6-15(18)22(30)28(23)20-9-5-3-7-17(20)25/h2-12H,13H2,1H3,(H,26,29). The number of hydrogen-bond donors (Lipinski definition) is 1. The highest BCUT2D eigenvalue weighted by molar-refractivity contribution is 9.10. The summed E-state index contributed by atoms with van der Waals surface area (Å²) in [7, 11) is 0. The van der Waals surface area contributed by atoms with Crippen molar-refractivity contribution < 1.29 is 9.18 Å². The van der Waals surface area contributed by atoms with Crippen LogP contribution in [0.15, 0.2) is 81.2 Å². The number of hydrogen-bond acceptors (Lipinski definition) is 4. The molecule has 0 aliphatic carbocycles. The van der Waals surface area contributed by atoms with Crippen LogP contribution in [0, 0.1) is 12.7 Å². The molecule has 8 heteroatoms. The molecule has 4 rings (SSSR count). The van der Waals surface area contributed by atoms with E-state index < -0.39 is 5.82 Å². The predicted molar refractivity (Wildman–Crippen MR) is 126 cm³/mol. The summed E-state index contributed by atoms with van der Waals surface area (Å²) in [5, 5.41) is 3.45. The number of fused-ring (bicyclic) bond motifs is 1. The molecular formula is C23H17BrFN3O2S. The van der Waals surface area contributed by atoms with Crippen LogP contribution in [0.4, 0.5) is 10.1 Å². The van der Waals surface area contributed by atoms with Gasteiger partial charge in [-0.25, -0.2) is 9.37 Å². The summed E-state index contributed by atoms with van der Waals surface area (Å²) in [4.78, 5) is 30.2. The Bertz CT molecular complexity index is 1360. The number of aryl methyl sites for hydroxylation is 1. The van der Waals surface area contributed by atoms with Gasteiger partial charge in [-0.1, -0.05) is 42.1 Å². The lowest BCUT2D eigenvalue weighted by Crippen LogP contribution is -2.23. The Kier molecular flexibility index (Phi) is 6.20. The average Bonchev–Trinajstić information content (AvgIpc) is 2.75. The van der Waals surface area contributed by atoms with Crippen molar-refractivity contribution >= 4 is 50.2 Å². The molecule has 5 nitrogen and oxygen atoms in total.